The van der Waals surface area contributed by atoms with Crippen LogP contribution in [0.4, 0.5) is 8.78 Å². The molecule has 0 amide bonds. The molecule has 28 heavy (non-hydrogen) atoms. The molecular formula is C19H18F2N4O3. The van der Waals surface area contributed by atoms with E-state index >= 15 is 0 Å². The number of hydrogen-bond donors (Lipinski definition) is 1. The molecule has 3 rings (SSSR count). The maximum absolute atomic E-state index is 14.3. The molecule has 1 aromatic carbocycles. The molecule has 0 aliphatic heterocycles. The Hall–Kier alpha value is -3.36. The summed E-state index contributed by atoms with van der Waals surface area (Å²) in [6, 6.07) is 2.38. The van der Waals surface area contributed by atoms with Crippen LogP contribution in [0.25, 0.3) is 0 Å². The second kappa shape index (κ2) is 8.55. The van der Waals surface area contributed by atoms with Crippen molar-refractivity contribution in [3.05, 3.63) is 69.7 Å². The number of benzene rings is 1. The topological polar surface area (TPSA) is 90.0 Å². The number of ether oxygens (including phenoxy) is 2. The summed E-state index contributed by atoms with van der Waals surface area (Å²) in [6.07, 6.45) is 4.88. The second-order valence-corrected chi connectivity index (χ2v) is 5.95. The standard InChI is InChI=1S/C19H18F2N4O3/c1-3-13-8-24-19(25-18(13)26)27-5-4-12-6-15(20)17(16(21)7-12)28-14-9-22-11(2)23-10-14/h6-10H,3-5H2,1-2H3,(H,24,25,26). The van der Waals surface area contributed by atoms with Crippen LogP contribution in [0.1, 0.15) is 23.9 Å². The molecule has 1 N–H and O–H groups in total. The molecule has 0 bridgehead atoms. The zero-order valence-electron chi connectivity index (χ0n) is 15.3. The summed E-state index contributed by atoms with van der Waals surface area (Å²) in [6.45, 7) is 3.61. The largest absolute Gasteiger partial charge is 0.464 e. The van der Waals surface area contributed by atoms with Gasteiger partial charge in [-0.25, -0.2) is 23.7 Å². The fraction of sp³-hybridized carbons (Fsp3) is 0.263. The number of nitrogens with one attached hydrogen (secondary N) is 1. The lowest BCUT2D eigenvalue weighted by Crippen LogP contribution is -2.15. The van der Waals surface area contributed by atoms with E-state index in [0.29, 0.717) is 23.4 Å². The normalized spacial score (nSPS) is 10.7. The molecular weight excluding hydrogens is 370 g/mol. The summed E-state index contributed by atoms with van der Waals surface area (Å²) in [5.74, 6) is -1.59. The molecule has 0 atom stereocenters. The SMILES string of the molecule is CCc1cnc(OCCc2cc(F)c(Oc3cnc(C)nc3)c(F)c2)[nH]c1=O. The predicted octanol–water partition coefficient (Wildman–Crippen LogP) is 3.12. The zero-order chi connectivity index (χ0) is 20.1. The van der Waals surface area contributed by atoms with E-state index in [0.717, 1.165) is 12.1 Å². The third kappa shape index (κ3) is 4.67. The molecule has 3 aromatic rings. The molecule has 0 fully saturated rings. The van der Waals surface area contributed by atoms with Gasteiger partial charge in [0.05, 0.1) is 19.0 Å². The van der Waals surface area contributed by atoms with E-state index in [2.05, 4.69) is 19.9 Å². The minimum atomic E-state index is -0.852. The van der Waals surface area contributed by atoms with Crippen LogP contribution >= 0.6 is 0 Å². The van der Waals surface area contributed by atoms with Gasteiger partial charge in [-0.1, -0.05) is 6.92 Å². The van der Waals surface area contributed by atoms with E-state index < -0.39 is 17.4 Å². The first kappa shape index (κ1) is 19.4. The van der Waals surface area contributed by atoms with Gasteiger partial charge in [0.2, 0.25) is 0 Å². The highest BCUT2D eigenvalue weighted by Crippen LogP contribution is 2.28. The molecule has 0 saturated carbocycles. The molecule has 0 radical (unpaired) electrons. The van der Waals surface area contributed by atoms with Gasteiger partial charge in [0, 0.05) is 18.2 Å². The average molecular weight is 388 g/mol. The van der Waals surface area contributed by atoms with Crippen molar-refractivity contribution in [2.45, 2.75) is 26.7 Å². The molecule has 146 valence electrons. The first-order valence-corrected chi connectivity index (χ1v) is 8.61. The van der Waals surface area contributed by atoms with Gasteiger partial charge in [0.1, 0.15) is 5.82 Å². The van der Waals surface area contributed by atoms with Gasteiger partial charge in [0.25, 0.3) is 11.6 Å². The Bertz CT molecular complexity index is 999. The maximum atomic E-state index is 14.3. The van der Waals surface area contributed by atoms with Crippen LogP contribution in [0.2, 0.25) is 0 Å². The molecule has 0 aliphatic carbocycles. The smallest absolute Gasteiger partial charge is 0.296 e. The summed E-state index contributed by atoms with van der Waals surface area (Å²) in [4.78, 5) is 26.0. The highest BCUT2D eigenvalue weighted by molar-refractivity contribution is 5.34. The molecule has 0 spiro atoms. The van der Waals surface area contributed by atoms with Crippen LogP contribution in [-0.4, -0.2) is 26.5 Å². The van der Waals surface area contributed by atoms with Crippen molar-refractivity contribution in [1.82, 2.24) is 19.9 Å². The first-order chi connectivity index (χ1) is 13.5. The van der Waals surface area contributed by atoms with Crippen molar-refractivity contribution in [3.8, 4) is 17.5 Å². The first-order valence-electron chi connectivity index (χ1n) is 8.61. The zero-order valence-corrected chi connectivity index (χ0v) is 15.3. The van der Waals surface area contributed by atoms with Gasteiger partial charge in [-0.3, -0.25) is 9.78 Å². The van der Waals surface area contributed by atoms with E-state index in [1.807, 2.05) is 6.92 Å². The molecule has 2 aromatic heterocycles. The molecule has 2 heterocycles. The van der Waals surface area contributed by atoms with Crippen LogP contribution in [0.5, 0.6) is 17.5 Å². The van der Waals surface area contributed by atoms with Crippen molar-refractivity contribution in [2.75, 3.05) is 6.61 Å². The third-order valence-corrected chi connectivity index (χ3v) is 3.90. The third-order valence-electron chi connectivity index (χ3n) is 3.90. The van der Waals surface area contributed by atoms with Gasteiger partial charge in [0.15, 0.2) is 23.1 Å². The molecule has 9 heteroatoms. The van der Waals surface area contributed by atoms with E-state index in [1.165, 1.54) is 18.6 Å². The number of halogens is 2. The number of aryl methyl sites for hydroxylation is 2. The minimum Gasteiger partial charge on any atom is -0.464 e. The Morgan fingerprint density at radius 2 is 1.75 bits per heavy atom. The molecule has 7 nitrogen and oxygen atoms in total. The lowest BCUT2D eigenvalue weighted by atomic mass is 10.1. The fourth-order valence-corrected chi connectivity index (χ4v) is 2.40. The molecule has 0 unspecified atom stereocenters. The van der Waals surface area contributed by atoms with Crippen molar-refractivity contribution in [3.63, 3.8) is 0 Å². The maximum Gasteiger partial charge on any atom is 0.296 e. The van der Waals surface area contributed by atoms with Crippen molar-refractivity contribution < 1.29 is 18.3 Å². The van der Waals surface area contributed by atoms with Crippen LogP contribution in [-0.2, 0) is 12.8 Å². The van der Waals surface area contributed by atoms with Crippen molar-refractivity contribution >= 4 is 0 Å². The monoisotopic (exact) mass is 388 g/mol. The van der Waals surface area contributed by atoms with Crippen LogP contribution < -0.4 is 15.0 Å². The average Bonchev–Trinajstić information content (AvgIpc) is 2.66. The lowest BCUT2D eigenvalue weighted by molar-refractivity contribution is 0.294. The quantitative estimate of drug-likeness (QED) is 0.669. The van der Waals surface area contributed by atoms with Crippen LogP contribution in [0, 0.1) is 18.6 Å². The highest BCUT2D eigenvalue weighted by Gasteiger charge is 2.14. The van der Waals surface area contributed by atoms with Crippen molar-refractivity contribution in [1.29, 1.82) is 0 Å². The number of hydrogen-bond acceptors (Lipinski definition) is 6. The number of rotatable bonds is 7. The van der Waals surface area contributed by atoms with Gasteiger partial charge >= 0.3 is 0 Å². The second-order valence-electron chi connectivity index (χ2n) is 5.95. The molecule has 0 saturated heterocycles. The summed E-state index contributed by atoms with van der Waals surface area (Å²) in [5, 5.41) is 0. The number of H-pyrrole nitrogens is 1. The van der Waals surface area contributed by atoms with Gasteiger partial charge in [-0.15, -0.1) is 0 Å². The summed E-state index contributed by atoms with van der Waals surface area (Å²) in [5.41, 5.74) is 0.646. The van der Waals surface area contributed by atoms with Gasteiger partial charge in [-0.05, 0) is 31.0 Å². The Morgan fingerprint density at radius 1 is 1.07 bits per heavy atom. The number of aromatic amines is 1. The number of aromatic nitrogens is 4. The predicted molar refractivity (Wildman–Crippen MR) is 96.6 cm³/mol. The Kier molecular flexibility index (Phi) is 5.93. The number of nitrogens with zero attached hydrogens (tertiary/aromatic N) is 3. The van der Waals surface area contributed by atoms with E-state index in [4.69, 9.17) is 9.47 Å². The van der Waals surface area contributed by atoms with Gasteiger partial charge in [-0.2, -0.15) is 0 Å². The fourth-order valence-electron chi connectivity index (χ4n) is 2.40. The van der Waals surface area contributed by atoms with E-state index in [9.17, 15) is 13.6 Å². The van der Waals surface area contributed by atoms with Crippen LogP contribution in [0.15, 0.2) is 35.5 Å². The molecule has 0 aliphatic rings. The van der Waals surface area contributed by atoms with E-state index in [1.54, 1.807) is 6.92 Å². The summed E-state index contributed by atoms with van der Waals surface area (Å²) in [7, 11) is 0. The van der Waals surface area contributed by atoms with Crippen LogP contribution in [0.3, 0.4) is 0 Å². The van der Waals surface area contributed by atoms with Gasteiger partial charge < -0.3 is 9.47 Å². The Balaban J connectivity index is 1.64. The van der Waals surface area contributed by atoms with Crippen molar-refractivity contribution in [2.24, 2.45) is 0 Å². The van der Waals surface area contributed by atoms with E-state index in [-0.39, 0.29) is 30.3 Å². The highest BCUT2D eigenvalue weighted by atomic mass is 19.1. The summed E-state index contributed by atoms with van der Waals surface area (Å²) < 4.78 is 39.1. The lowest BCUT2D eigenvalue weighted by Gasteiger charge is -2.10. The minimum absolute atomic E-state index is 0.0578. The Labute approximate surface area is 159 Å². The Morgan fingerprint density at radius 3 is 2.36 bits per heavy atom. The summed E-state index contributed by atoms with van der Waals surface area (Å²) >= 11 is 0.